The van der Waals surface area contributed by atoms with Gasteiger partial charge in [-0.15, -0.1) is 0 Å². The van der Waals surface area contributed by atoms with Crippen LogP contribution in [-0.4, -0.2) is 13.3 Å². The quantitative estimate of drug-likeness (QED) is 0.380. The lowest BCUT2D eigenvalue weighted by molar-refractivity contribution is 0.585. The van der Waals surface area contributed by atoms with E-state index in [4.69, 9.17) is 67.4 Å². The molecular formula is C2H8Cl6N5O2P5. The van der Waals surface area contributed by atoms with Gasteiger partial charge in [-0.3, -0.25) is 9.13 Å². The summed E-state index contributed by atoms with van der Waals surface area (Å²) < 4.78 is 34.9. The van der Waals surface area contributed by atoms with Crippen LogP contribution in [0, 0.1) is 0 Å². The molecule has 4 unspecified atom stereocenters. The Morgan fingerprint density at radius 3 is 1.50 bits per heavy atom. The fourth-order valence-corrected chi connectivity index (χ4v) is 25.5. The van der Waals surface area contributed by atoms with Crippen LogP contribution >= 0.6 is 100 Å². The van der Waals surface area contributed by atoms with Crippen molar-refractivity contribution in [1.82, 2.24) is 9.72 Å². The van der Waals surface area contributed by atoms with Gasteiger partial charge < -0.3 is 0 Å². The third-order valence-electron chi connectivity index (χ3n) is 1.30. The van der Waals surface area contributed by atoms with Crippen molar-refractivity contribution >= 4 is 100 Å². The number of hydrogen-bond acceptors (Lipinski definition) is 5. The second-order valence-corrected chi connectivity index (χ2v) is 23.7. The second kappa shape index (κ2) is 6.61. The molecule has 20 heavy (non-hydrogen) atoms. The SMILES string of the molecule is CP(=O)(Cl)NP1(Cl)=NP(Cl)(Cl)=NP(Cl)(NP(C)(=O)Cl)=N1. The Kier molecular flexibility index (Phi) is 6.89. The van der Waals surface area contributed by atoms with E-state index in [1.54, 1.807) is 0 Å². The third kappa shape index (κ3) is 7.59. The van der Waals surface area contributed by atoms with Crippen molar-refractivity contribution in [1.29, 1.82) is 0 Å². The molecular weight excluding hydrogens is 494 g/mol. The highest BCUT2D eigenvalue weighted by Crippen LogP contribution is 2.85. The standard InChI is InChI=1S/C2H8Cl6N5O2P5/c1-16(3,14)9-19(7)11-18(5,6)12-20(8,13-19)10-17(2,4)15/h1-2H3,(H,9,14)(H,10,15). The first-order valence-corrected chi connectivity index (χ1v) is 19.2. The van der Waals surface area contributed by atoms with Crippen LogP contribution in [-0.2, 0) is 9.13 Å². The van der Waals surface area contributed by atoms with Crippen LogP contribution in [0.2, 0.25) is 0 Å². The van der Waals surface area contributed by atoms with E-state index in [0.29, 0.717) is 0 Å². The predicted octanol–water partition coefficient (Wildman–Crippen LogP) is 8.10. The maximum atomic E-state index is 11.6. The summed E-state index contributed by atoms with van der Waals surface area (Å²) in [7, 11) is 0. The highest BCUT2D eigenvalue weighted by atomic mass is 35.9. The van der Waals surface area contributed by atoms with Gasteiger partial charge in [-0.05, 0) is 67.4 Å². The van der Waals surface area contributed by atoms with Gasteiger partial charge in [-0.25, -0.2) is 0 Å². The van der Waals surface area contributed by atoms with Crippen LogP contribution in [0.5, 0.6) is 0 Å². The van der Waals surface area contributed by atoms with Crippen LogP contribution in [0.3, 0.4) is 0 Å². The van der Waals surface area contributed by atoms with Crippen molar-refractivity contribution in [2.45, 2.75) is 0 Å². The van der Waals surface area contributed by atoms with E-state index in [1.165, 1.54) is 13.3 Å². The van der Waals surface area contributed by atoms with Crippen molar-refractivity contribution < 1.29 is 9.13 Å². The highest BCUT2D eigenvalue weighted by Gasteiger charge is 2.37. The average molecular weight is 502 g/mol. The van der Waals surface area contributed by atoms with E-state index >= 15 is 0 Å². The number of halogens is 6. The molecule has 0 amide bonds. The Bertz CT molecular complexity index is 640. The zero-order chi connectivity index (χ0) is 16.0. The molecule has 0 radical (unpaired) electrons. The lowest BCUT2D eigenvalue weighted by Gasteiger charge is -2.26. The Morgan fingerprint density at radius 1 is 0.800 bits per heavy atom. The van der Waals surface area contributed by atoms with Gasteiger partial charge in [0.05, 0.1) is 0 Å². The molecule has 1 heterocycles. The minimum atomic E-state index is -3.37. The van der Waals surface area contributed by atoms with Crippen molar-refractivity contribution in [2.75, 3.05) is 13.3 Å². The largest absolute Gasteiger partial charge is 0.289 e. The van der Waals surface area contributed by atoms with Crippen LogP contribution in [0.1, 0.15) is 0 Å². The van der Waals surface area contributed by atoms with E-state index in [2.05, 4.69) is 23.3 Å². The molecule has 1 rings (SSSR count). The maximum absolute atomic E-state index is 11.6. The molecule has 120 valence electrons. The van der Waals surface area contributed by atoms with Gasteiger partial charge in [0.15, 0.2) is 0 Å². The third-order valence-corrected chi connectivity index (χ3v) is 19.3. The number of nitrogens with one attached hydrogen (secondary N) is 2. The molecule has 0 aromatic carbocycles. The van der Waals surface area contributed by atoms with Gasteiger partial charge in [0.2, 0.25) is 26.7 Å². The number of hydrogen-bond donors (Lipinski definition) is 2. The van der Waals surface area contributed by atoms with Gasteiger partial charge in [0.1, 0.15) is 0 Å². The summed E-state index contributed by atoms with van der Waals surface area (Å²) in [6, 6.07) is 0. The zero-order valence-corrected chi connectivity index (χ0v) is 18.7. The second-order valence-electron chi connectivity index (χ2n) is 3.61. The molecule has 0 saturated heterocycles. The van der Waals surface area contributed by atoms with Gasteiger partial charge in [0, 0.05) is 13.3 Å². The molecule has 0 spiro atoms. The summed E-state index contributed by atoms with van der Waals surface area (Å²) in [5.41, 5.74) is 0. The van der Waals surface area contributed by atoms with Crippen molar-refractivity contribution in [2.24, 2.45) is 13.5 Å². The van der Waals surface area contributed by atoms with E-state index < -0.39 is 32.6 Å². The van der Waals surface area contributed by atoms with Crippen LogP contribution in [0.25, 0.3) is 0 Å². The van der Waals surface area contributed by atoms with Gasteiger partial charge >= 0.3 is 0 Å². The van der Waals surface area contributed by atoms with E-state index in [9.17, 15) is 9.13 Å². The van der Waals surface area contributed by atoms with Crippen molar-refractivity contribution in [3.8, 4) is 0 Å². The molecule has 0 bridgehead atoms. The number of nitrogens with zero attached hydrogens (tertiary/aromatic N) is 3. The lowest BCUT2D eigenvalue weighted by atomic mass is 12.0. The van der Waals surface area contributed by atoms with E-state index in [1.807, 2.05) is 0 Å². The fraction of sp³-hybridized carbons (Fsp3) is 1.00. The first-order valence-electron chi connectivity index (χ1n) is 4.37. The molecule has 7 nitrogen and oxygen atoms in total. The molecule has 1 aliphatic rings. The van der Waals surface area contributed by atoms with Gasteiger partial charge in [-0.2, -0.15) is 23.3 Å². The normalized spacial score (nSPS) is 38.6. The summed E-state index contributed by atoms with van der Waals surface area (Å²) in [6.07, 6.45) is 0. The Hall–Kier alpha value is 2.81. The molecule has 18 heteroatoms. The topological polar surface area (TPSA) is 95.3 Å². The molecule has 0 aliphatic carbocycles. The van der Waals surface area contributed by atoms with Crippen molar-refractivity contribution in [3.05, 3.63) is 0 Å². The minimum absolute atomic E-state index is 1.20. The Morgan fingerprint density at radius 2 is 1.15 bits per heavy atom. The van der Waals surface area contributed by atoms with Crippen molar-refractivity contribution in [3.63, 3.8) is 0 Å². The van der Waals surface area contributed by atoms with Crippen LogP contribution in [0.4, 0.5) is 0 Å². The van der Waals surface area contributed by atoms with Crippen LogP contribution in [0.15, 0.2) is 13.5 Å². The molecule has 2 N–H and O–H groups in total. The summed E-state index contributed by atoms with van der Waals surface area (Å²) >= 11 is 35.3. The summed E-state index contributed by atoms with van der Waals surface area (Å²) in [4.78, 5) is 4.73. The molecule has 0 saturated carbocycles. The first-order chi connectivity index (χ1) is 8.54. The van der Waals surface area contributed by atoms with Crippen LogP contribution < -0.4 is 9.72 Å². The van der Waals surface area contributed by atoms with E-state index in [-0.39, 0.29) is 0 Å². The van der Waals surface area contributed by atoms with E-state index in [0.717, 1.165) is 0 Å². The molecule has 0 aromatic rings. The maximum Gasteiger partial charge on any atom is 0.257 e. The number of rotatable bonds is 4. The monoisotopic (exact) mass is 499 g/mol. The summed E-state index contributed by atoms with van der Waals surface area (Å²) in [5, 5.41) is 0. The first kappa shape index (κ1) is 20.9. The fourth-order valence-electron chi connectivity index (χ4n) is 1.03. The highest BCUT2D eigenvalue weighted by molar-refractivity contribution is 8.19. The van der Waals surface area contributed by atoms with Gasteiger partial charge in [0.25, 0.3) is 5.91 Å². The average Bonchev–Trinajstić information content (AvgIpc) is 1.83. The molecule has 0 fully saturated rings. The lowest BCUT2D eigenvalue weighted by Crippen LogP contribution is -2.02. The predicted molar refractivity (Wildman–Crippen MR) is 96.5 cm³/mol. The summed E-state index contributed by atoms with van der Waals surface area (Å²) in [5.74, 6) is -3.30. The minimum Gasteiger partial charge on any atom is -0.289 e. The molecule has 0 aromatic heterocycles. The Balaban J connectivity index is 3.47. The smallest absolute Gasteiger partial charge is 0.257 e. The molecule has 1 aliphatic heterocycles. The zero-order valence-electron chi connectivity index (χ0n) is 9.66. The van der Waals surface area contributed by atoms with Gasteiger partial charge in [-0.1, -0.05) is 0 Å². The Labute approximate surface area is 145 Å². The molecule has 4 atom stereocenters. The summed E-state index contributed by atoms with van der Waals surface area (Å²) in [6.45, 7) is -11.0.